The number of pyridine rings is 1. The maximum Gasteiger partial charge on any atom is 0.168 e. The van der Waals surface area contributed by atoms with Crippen molar-refractivity contribution in [2.45, 2.75) is 20.0 Å². The SMILES string of the molecule is COc1ccc(CNCc2cc(C)nc(C=O)c2)cc1. The topological polar surface area (TPSA) is 51.2 Å². The zero-order chi connectivity index (χ0) is 14.4. The summed E-state index contributed by atoms with van der Waals surface area (Å²) in [5.41, 5.74) is 3.59. The van der Waals surface area contributed by atoms with Crippen LogP contribution in [0, 0.1) is 6.92 Å². The van der Waals surface area contributed by atoms with Gasteiger partial charge in [0.2, 0.25) is 0 Å². The number of aromatic nitrogens is 1. The third-order valence-electron chi connectivity index (χ3n) is 2.97. The van der Waals surface area contributed by atoms with Crippen LogP contribution in [-0.2, 0) is 13.1 Å². The molecule has 0 atom stereocenters. The predicted molar refractivity (Wildman–Crippen MR) is 77.9 cm³/mol. The van der Waals surface area contributed by atoms with Crippen LogP contribution in [0.15, 0.2) is 36.4 Å². The molecule has 104 valence electrons. The average Bonchev–Trinajstić information content (AvgIpc) is 2.47. The third kappa shape index (κ3) is 3.90. The van der Waals surface area contributed by atoms with Crippen molar-refractivity contribution in [3.05, 3.63) is 58.9 Å². The van der Waals surface area contributed by atoms with Crippen molar-refractivity contribution >= 4 is 6.29 Å². The summed E-state index contributed by atoms with van der Waals surface area (Å²) < 4.78 is 5.12. The molecule has 0 spiro atoms. The summed E-state index contributed by atoms with van der Waals surface area (Å²) in [6.07, 6.45) is 0.778. The second-order valence-electron chi connectivity index (χ2n) is 4.61. The fourth-order valence-corrected chi connectivity index (χ4v) is 2.03. The van der Waals surface area contributed by atoms with E-state index in [-0.39, 0.29) is 0 Å². The second-order valence-corrected chi connectivity index (χ2v) is 4.61. The minimum absolute atomic E-state index is 0.478. The highest BCUT2D eigenvalue weighted by Gasteiger charge is 2.00. The third-order valence-corrected chi connectivity index (χ3v) is 2.97. The molecule has 20 heavy (non-hydrogen) atoms. The minimum atomic E-state index is 0.478. The van der Waals surface area contributed by atoms with Crippen molar-refractivity contribution in [2.75, 3.05) is 7.11 Å². The zero-order valence-corrected chi connectivity index (χ0v) is 11.7. The van der Waals surface area contributed by atoms with Gasteiger partial charge in [-0.2, -0.15) is 0 Å². The predicted octanol–water partition coefficient (Wildman–Crippen LogP) is 2.50. The Kier molecular flexibility index (Phi) is 4.85. The number of aldehydes is 1. The van der Waals surface area contributed by atoms with Gasteiger partial charge in [-0.15, -0.1) is 0 Å². The maximum absolute atomic E-state index is 10.8. The first-order chi connectivity index (χ1) is 9.71. The largest absolute Gasteiger partial charge is 0.497 e. The van der Waals surface area contributed by atoms with E-state index in [0.29, 0.717) is 12.2 Å². The van der Waals surface area contributed by atoms with Gasteiger partial charge in [-0.25, -0.2) is 0 Å². The normalized spacial score (nSPS) is 10.3. The maximum atomic E-state index is 10.8. The van der Waals surface area contributed by atoms with Crippen molar-refractivity contribution < 1.29 is 9.53 Å². The molecule has 0 radical (unpaired) electrons. The molecule has 0 bridgehead atoms. The molecule has 0 saturated carbocycles. The Morgan fingerprint density at radius 1 is 1.15 bits per heavy atom. The van der Waals surface area contributed by atoms with Gasteiger partial charge in [0, 0.05) is 18.8 Å². The summed E-state index contributed by atoms with van der Waals surface area (Å²) in [5.74, 6) is 0.856. The van der Waals surface area contributed by atoms with Gasteiger partial charge in [-0.3, -0.25) is 9.78 Å². The van der Waals surface area contributed by atoms with Crippen LogP contribution < -0.4 is 10.1 Å². The highest BCUT2D eigenvalue weighted by Crippen LogP contribution is 2.11. The van der Waals surface area contributed by atoms with Crippen LogP contribution in [0.4, 0.5) is 0 Å². The highest BCUT2D eigenvalue weighted by atomic mass is 16.5. The van der Waals surface area contributed by atoms with Crippen LogP contribution in [0.1, 0.15) is 27.3 Å². The molecule has 0 saturated heterocycles. The second kappa shape index (κ2) is 6.82. The lowest BCUT2D eigenvalue weighted by atomic mass is 10.2. The van der Waals surface area contributed by atoms with E-state index in [0.717, 1.165) is 29.8 Å². The van der Waals surface area contributed by atoms with Crippen molar-refractivity contribution in [1.29, 1.82) is 0 Å². The van der Waals surface area contributed by atoms with Crippen molar-refractivity contribution in [1.82, 2.24) is 10.3 Å². The number of benzene rings is 1. The summed E-state index contributed by atoms with van der Waals surface area (Å²) in [5, 5.41) is 3.35. The molecule has 0 unspecified atom stereocenters. The van der Waals surface area contributed by atoms with Gasteiger partial charge in [-0.05, 0) is 42.3 Å². The van der Waals surface area contributed by atoms with E-state index in [9.17, 15) is 4.79 Å². The Balaban J connectivity index is 1.91. The summed E-state index contributed by atoms with van der Waals surface area (Å²) in [7, 11) is 1.66. The molecule has 1 N–H and O–H groups in total. The molecule has 0 amide bonds. The Bertz CT molecular complexity index is 580. The molecule has 4 nitrogen and oxygen atoms in total. The number of nitrogens with one attached hydrogen (secondary N) is 1. The van der Waals surface area contributed by atoms with Gasteiger partial charge in [0.1, 0.15) is 11.4 Å². The Morgan fingerprint density at radius 3 is 2.50 bits per heavy atom. The van der Waals surface area contributed by atoms with E-state index < -0.39 is 0 Å². The number of hydrogen-bond acceptors (Lipinski definition) is 4. The van der Waals surface area contributed by atoms with Crippen LogP contribution in [0.3, 0.4) is 0 Å². The number of aryl methyl sites for hydroxylation is 1. The molecule has 0 aliphatic heterocycles. The fraction of sp³-hybridized carbons (Fsp3) is 0.250. The number of methoxy groups -OCH3 is 1. The van der Waals surface area contributed by atoms with Crippen LogP contribution in [-0.4, -0.2) is 18.4 Å². The van der Waals surface area contributed by atoms with E-state index in [4.69, 9.17) is 4.74 Å². The molecule has 0 fully saturated rings. The van der Waals surface area contributed by atoms with E-state index in [1.165, 1.54) is 5.56 Å². The van der Waals surface area contributed by atoms with Crippen molar-refractivity contribution in [2.24, 2.45) is 0 Å². The van der Waals surface area contributed by atoms with Gasteiger partial charge in [-0.1, -0.05) is 12.1 Å². The molecular weight excluding hydrogens is 252 g/mol. The van der Waals surface area contributed by atoms with Gasteiger partial charge in [0.25, 0.3) is 0 Å². The lowest BCUT2D eigenvalue weighted by Crippen LogP contribution is -2.13. The molecule has 4 heteroatoms. The summed E-state index contributed by atoms with van der Waals surface area (Å²) in [4.78, 5) is 14.9. The molecule has 1 aromatic carbocycles. The first kappa shape index (κ1) is 14.2. The van der Waals surface area contributed by atoms with Crippen molar-refractivity contribution in [3.63, 3.8) is 0 Å². The van der Waals surface area contributed by atoms with Crippen molar-refractivity contribution in [3.8, 4) is 5.75 Å². The Hall–Kier alpha value is -2.20. The molecule has 0 aliphatic carbocycles. The van der Waals surface area contributed by atoms with Gasteiger partial charge in [0.15, 0.2) is 6.29 Å². The lowest BCUT2D eigenvalue weighted by Gasteiger charge is -2.07. The van der Waals surface area contributed by atoms with E-state index >= 15 is 0 Å². The number of carbonyl (C=O) groups is 1. The molecule has 1 heterocycles. The van der Waals surface area contributed by atoms with Gasteiger partial charge >= 0.3 is 0 Å². The smallest absolute Gasteiger partial charge is 0.168 e. The van der Waals surface area contributed by atoms with Gasteiger partial charge < -0.3 is 10.1 Å². The highest BCUT2D eigenvalue weighted by molar-refractivity contribution is 5.72. The van der Waals surface area contributed by atoms with E-state index in [1.54, 1.807) is 13.2 Å². The summed E-state index contributed by atoms with van der Waals surface area (Å²) in [6, 6.07) is 11.7. The molecule has 1 aromatic heterocycles. The van der Waals surface area contributed by atoms with Crippen LogP contribution in [0.2, 0.25) is 0 Å². The quantitative estimate of drug-likeness (QED) is 0.819. The number of ether oxygens (including phenoxy) is 1. The summed E-state index contributed by atoms with van der Waals surface area (Å²) in [6.45, 7) is 3.36. The zero-order valence-electron chi connectivity index (χ0n) is 11.7. The van der Waals surface area contributed by atoms with E-state index in [2.05, 4.69) is 10.3 Å². The first-order valence-electron chi connectivity index (χ1n) is 6.47. The van der Waals surface area contributed by atoms with E-state index in [1.807, 2.05) is 37.3 Å². The average molecular weight is 270 g/mol. The monoisotopic (exact) mass is 270 g/mol. The van der Waals surface area contributed by atoms with Crippen LogP contribution >= 0.6 is 0 Å². The molecule has 0 aliphatic rings. The number of hydrogen-bond donors (Lipinski definition) is 1. The van der Waals surface area contributed by atoms with Crippen LogP contribution in [0.25, 0.3) is 0 Å². The summed E-state index contributed by atoms with van der Waals surface area (Å²) >= 11 is 0. The number of rotatable bonds is 6. The first-order valence-corrected chi connectivity index (χ1v) is 6.47. The van der Waals surface area contributed by atoms with Crippen LogP contribution in [0.5, 0.6) is 5.75 Å². The Labute approximate surface area is 118 Å². The number of carbonyl (C=O) groups excluding carboxylic acids is 1. The molecular formula is C16H18N2O2. The standard InChI is InChI=1S/C16H18N2O2/c1-12-7-14(8-15(11-19)18-12)10-17-9-13-3-5-16(20-2)6-4-13/h3-8,11,17H,9-10H2,1-2H3. The molecule has 2 aromatic rings. The minimum Gasteiger partial charge on any atom is -0.497 e. The molecule has 2 rings (SSSR count). The lowest BCUT2D eigenvalue weighted by molar-refractivity contribution is 0.111. The number of nitrogens with zero attached hydrogens (tertiary/aromatic N) is 1. The van der Waals surface area contributed by atoms with Gasteiger partial charge in [0.05, 0.1) is 7.11 Å². The Morgan fingerprint density at radius 2 is 1.85 bits per heavy atom. The fourth-order valence-electron chi connectivity index (χ4n) is 2.03.